The van der Waals surface area contributed by atoms with Crippen molar-refractivity contribution in [1.29, 1.82) is 0 Å². The van der Waals surface area contributed by atoms with E-state index in [1.807, 2.05) is 0 Å². The molecular weight excluding hydrogens is 295 g/mol. The molecule has 0 aromatic heterocycles. The van der Waals surface area contributed by atoms with Crippen molar-refractivity contribution >= 4 is 23.6 Å². The van der Waals surface area contributed by atoms with Crippen molar-refractivity contribution in [3.63, 3.8) is 0 Å². The number of rotatable bonds is 5. The molecule has 21 heavy (non-hydrogen) atoms. The number of carbonyl (C=O) groups is 1. The number of carboxylic acid groups (broad SMARTS) is 1. The number of benzene rings is 2. The number of carboxylic acids is 1. The van der Waals surface area contributed by atoms with Crippen molar-refractivity contribution in [2.75, 3.05) is 0 Å². The average Bonchev–Trinajstić information content (AvgIpc) is 2.45. The van der Waals surface area contributed by atoms with Crippen LogP contribution < -0.4 is 4.74 Å². The van der Waals surface area contributed by atoms with Gasteiger partial charge in [0.05, 0.1) is 5.02 Å². The largest absolute Gasteiger partial charge is 0.487 e. The molecular formula is C16H12ClFO3. The summed E-state index contributed by atoms with van der Waals surface area (Å²) in [5.41, 5.74) is 0.832. The Balaban J connectivity index is 2.08. The van der Waals surface area contributed by atoms with Crippen molar-refractivity contribution in [3.8, 4) is 5.75 Å². The minimum absolute atomic E-state index is 0.0402. The zero-order chi connectivity index (χ0) is 15.2. The van der Waals surface area contributed by atoms with Crippen molar-refractivity contribution in [3.05, 3.63) is 70.5 Å². The maximum atomic E-state index is 13.9. The Morgan fingerprint density at radius 2 is 2.05 bits per heavy atom. The second-order valence-corrected chi connectivity index (χ2v) is 4.65. The lowest BCUT2D eigenvalue weighted by Gasteiger charge is -2.09. The highest BCUT2D eigenvalue weighted by atomic mass is 35.5. The molecule has 3 nitrogen and oxygen atoms in total. The zero-order valence-electron chi connectivity index (χ0n) is 10.9. The van der Waals surface area contributed by atoms with Crippen molar-refractivity contribution in [1.82, 2.24) is 0 Å². The third-order valence-corrected chi connectivity index (χ3v) is 3.03. The fourth-order valence-corrected chi connectivity index (χ4v) is 1.86. The molecule has 5 heteroatoms. The first kappa shape index (κ1) is 15.1. The fraction of sp³-hybridized carbons (Fsp3) is 0.0625. The smallest absolute Gasteiger partial charge is 0.328 e. The van der Waals surface area contributed by atoms with E-state index in [0.29, 0.717) is 21.9 Å². The standard InChI is InChI=1S/C16H12ClFO3/c17-13-3-1-2-4-15(13)21-10-12-7-5-11(9-14(12)18)6-8-16(19)20/h1-9H,10H2,(H,19,20). The molecule has 0 aliphatic carbocycles. The summed E-state index contributed by atoms with van der Waals surface area (Å²) < 4.78 is 19.3. The maximum absolute atomic E-state index is 13.9. The van der Waals surface area contributed by atoms with Crippen LogP contribution in [0.15, 0.2) is 48.5 Å². The van der Waals surface area contributed by atoms with Crippen LogP contribution in [0.3, 0.4) is 0 Å². The Hall–Kier alpha value is -2.33. The maximum Gasteiger partial charge on any atom is 0.328 e. The highest BCUT2D eigenvalue weighted by Crippen LogP contribution is 2.24. The second-order valence-electron chi connectivity index (χ2n) is 4.24. The van der Waals surface area contributed by atoms with Crippen molar-refractivity contribution < 1.29 is 19.0 Å². The van der Waals surface area contributed by atoms with Gasteiger partial charge in [-0.25, -0.2) is 9.18 Å². The van der Waals surface area contributed by atoms with E-state index in [9.17, 15) is 9.18 Å². The second kappa shape index (κ2) is 6.90. The van der Waals surface area contributed by atoms with Crippen LogP contribution in [-0.2, 0) is 11.4 Å². The molecule has 0 saturated heterocycles. The molecule has 0 heterocycles. The van der Waals surface area contributed by atoms with Gasteiger partial charge in [0.2, 0.25) is 0 Å². The summed E-state index contributed by atoms with van der Waals surface area (Å²) in [6, 6.07) is 11.4. The van der Waals surface area contributed by atoms with Crippen LogP contribution in [0, 0.1) is 5.82 Å². The third kappa shape index (κ3) is 4.33. The van der Waals surface area contributed by atoms with E-state index in [4.69, 9.17) is 21.4 Å². The molecule has 0 spiro atoms. The van der Waals surface area contributed by atoms with Gasteiger partial charge in [0.15, 0.2) is 0 Å². The van der Waals surface area contributed by atoms with Crippen LogP contribution in [-0.4, -0.2) is 11.1 Å². The monoisotopic (exact) mass is 306 g/mol. The van der Waals surface area contributed by atoms with E-state index < -0.39 is 11.8 Å². The van der Waals surface area contributed by atoms with E-state index in [1.165, 1.54) is 12.1 Å². The van der Waals surface area contributed by atoms with Crippen molar-refractivity contribution in [2.45, 2.75) is 6.61 Å². The molecule has 2 rings (SSSR count). The van der Waals surface area contributed by atoms with Crippen LogP contribution in [0.1, 0.15) is 11.1 Å². The van der Waals surface area contributed by atoms with Crippen LogP contribution in [0.2, 0.25) is 5.02 Å². The molecule has 2 aromatic carbocycles. The number of hydrogen-bond donors (Lipinski definition) is 1. The SMILES string of the molecule is O=C(O)C=Cc1ccc(COc2ccccc2Cl)c(F)c1. The van der Waals surface area contributed by atoms with Gasteiger partial charge >= 0.3 is 5.97 Å². The van der Waals surface area contributed by atoms with Crippen LogP contribution in [0.25, 0.3) is 6.08 Å². The van der Waals surface area contributed by atoms with E-state index >= 15 is 0 Å². The highest BCUT2D eigenvalue weighted by molar-refractivity contribution is 6.32. The summed E-state index contributed by atoms with van der Waals surface area (Å²) in [5, 5.41) is 8.98. The van der Waals surface area contributed by atoms with E-state index in [1.54, 1.807) is 36.4 Å². The number of aliphatic carboxylic acids is 1. The van der Waals surface area contributed by atoms with Gasteiger partial charge < -0.3 is 9.84 Å². The average molecular weight is 307 g/mol. The van der Waals surface area contributed by atoms with Gasteiger partial charge in [-0.05, 0) is 29.8 Å². The topological polar surface area (TPSA) is 46.5 Å². The minimum Gasteiger partial charge on any atom is -0.487 e. The Morgan fingerprint density at radius 1 is 1.29 bits per heavy atom. The Kier molecular flexibility index (Phi) is 4.95. The molecule has 0 saturated carbocycles. The summed E-state index contributed by atoms with van der Waals surface area (Å²) in [6.45, 7) is 0.0402. The van der Waals surface area contributed by atoms with Gasteiger partial charge in [0.1, 0.15) is 18.2 Å². The fourth-order valence-electron chi connectivity index (χ4n) is 1.67. The Bertz CT molecular complexity index is 683. The predicted octanol–water partition coefficient (Wildman–Crippen LogP) is 4.16. The molecule has 0 aliphatic heterocycles. The summed E-state index contributed by atoms with van der Waals surface area (Å²) in [6.07, 6.45) is 2.28. The van der Waals surface area contributed by atoms with Gasteiger partial charge in [-0.1, -0.05) is 35.9 Å². The molecule has 0 fully saturated rings. The molecule has 0 amide bonds. The number of para-hydroxylation sites is 1. The summed E-state index contributed by atoms with van der Waals surface area (Å²) in [5.74, 6) is -1.07. The van der Waals surface area contributed by atoms with Gasteiger partial charge in [0.25, 0.3) is 0 Å². The molecule has 0 bridgehead atoms. The van der Waals surface area contributed by atoms with Gasteiger partial charge in [-0.15, -0.1) is 0 Å². The summed E-state index contributed by atoms with van der Waals surface area (Å²) in [4.78, 5) is 10.4. The Labute approximate surface area is 126 Å². The van der Waals surface area contributed by atoms with Crippen LogP contribution in [0.4, 0.5) is 4.39 Å². The molecule has 0 aliphatic rings. The molecule has 2 aromatic rings. The van der Waals surface area contributed by atoms with Crippen LogP contribution >= 0.6 is 11.6 Å². The van der Waals surface area contributed by atoms with E-state index in [-0.39, 0.29) is 6.61 Å². The van der Waals surface area contributed by atoms with Gasteiger partial charge in [-0.2, -0.15) is 0 Å². The lowest BCUT2D eigenvalue weighted by atomic mass is 10.1. The normalized spacial score (nSPS) is 10.8. The quantitative estimate of drug-likeness (QED) is 0.844. The third-order valence-electron chi connectivity index (χ3n) is 2.72. The lowest BCUT2D eigenvalue weighted by Crippen LogP contribution is -1.99. The molecule has 0 atom stereocenters. The number of halogens is 2. The number of hydrogen-bond acceptors (Lipinski definition) is 2. The first-order chi connectivity index (χ1) is 10.1. The first-order valence-electron chi connectivity index (χ1n) is 6.13. The van der Waals surface area contributed by atoms with Gasteiger partial charge in [-0.3, -0.25) is 0 Å². The van der Waals surface area contributed by atoms with Crippen LogP contribution in [0.5, 0.6) is 5.75 Å². The van der Waals surface area contributed by atoms with E-state index in [0.717, 1.165) is 6.08 Å². The Morgan fingerprint density at radius 3 is 2.71 bits per heavy atom. The molecule has 1 N–H and O–H groups in total. The number of ether oxygens (including phenoxy) is 1. The zero-order valence-corrected chi connectivity index (χ0v) is 11.7. The minimum atomic E-state index is -1.08. The van der Waals surface area contributed by atoms with Crippen molar-refractivity contribution in [2.24, 2.45) is 0 Å². The van der Waals surface area contributed by atoms with Gasteiger partial charge in [0, 0.05) is 11.6 Å². The molecule has 0 unspecified atom stereocenters. The first-order valence-corrected chi connectivity index (χ1v) is 6.51. The summed E-state index contributed by atoms with van der Waals surface area (Å²) in [7, 11) is 0. The molecule has 108 valence electrons. The lowest BCUT2D eigenvalue weighted by molar-refractivity contribution is -0.131. The molecule has 0 radical (unpaired) electrons. The highest BCUT2D eigenvalue weighted by Gasteiger charge is 2.05. The van der Waals surface area contributed by atoms with E-state index in [2.05, 4.69) is 0 Å². The predicted molar refractivity (Wildman–Crippen MR) is 78.9 cm³/mol. The summed E-state index contributed by atoms with van der Waals surface area (Å²) >= 11 is 5.94.